The van der Waals surface area contributed by atoms with E-state index in [2.05, 4.69) is 20.5 Å². The Kier molecular flexibility index (Phi) is 6.28. The molecule has 0 fully saturated rings. The maximum Gasteiger partial charge on any atom is 0.237 e. The number of pyridine rings is 1. The first-order chi connectivity index (χ1) is 15.2. The number of thioether (sulfide) groups is 1. The number of anilines is 1. The second-order valence-electron chi connectivity index (χ2n) is 6.70. The van der Waals surface area contributed by atoms with E-state index >= 15 is 0 Å². The van der Waals surface area contributed by atoms with Crippen molar-refractivity contribution in [3.63, 3.8) is 0 Å². The molecule has 0 unspecified atom stereocenters. The molecule has 1 amide bonds. The van der Waals surface area contributed by atoms with Gasteiger partial charge in [-0.15, -0.1) is 10.2 Å². The molecule has 0 aliphatic heterocycles. The summed E-state index contributed by atoms with van der Waals surface area (Å²) in [7, 11) is 1.63. The highest BCUT2D eigenvalue weighted by Crippen LogP contribution is 2.31. The molecule has 0 saturated carbocycles. The summed E-state index contributed by atoms with van der Waals surface area (Å²) in [6.45, 7) is 1.85. The molecule has 2 heterocycles. The Labute approximate surface area is 184 Å². The van der Waals surface area contributed by atoms with E-state index in [1.54, 1.807) is 19.5 Å². The summed E-state index contributed by atoms with van der Waals surface area (Å²) in [4.78, 5) is 16.9. The van der Waals surface area contributed by atoms with Gasteiger partial charge in [-0.3, -0.25) is 14.3 Å². The molecule has 2 aromatic heterocycles. The van der Waals surface area contributed by atoms with Gasteiger partial charge in [-0.2, -0.15) is 0 Å². The zero-order chi connectivity index (χ0) is 21.6. The summed E-state index contributed by atoms with van der Waals surface area (Å²) in [6.07, 6.45) is 3.45. The lowest BCUT2D eigenvalue weighted by molar-refractivity contribution is -0.115. The number of benzene rings is 2. The molecule has 0 bridgehead atoms. The number of methoxy groups -OCH3 is 1. The lowest BCUT2D eigenvalue weighted by Crippen LogP contribution is -2.22. The van der Waals surface area contributed by atoms with Gasteiger partial charge in [0.05, 0.1) is 12.4 Å². The third-order valence-corrected chi connectivity index (χ3v) is 5.62. The Morgan fingerprint density at radius 2 is 1.81 bits per heavy atom. The summed E-state index contributed by atoms with van der Waals surface area (Å²) < 4.78 is 7.20. The van der Waals surface area contributed by atoms with Crippen LogP contribution in [0.3, 0.4) is 0 Å². The second-order valence-corrected chi connectivity index (χ2v) is 8.00. The van der Waals surface area contributed by atoms with Gasteiger partial charge in [0.15, 0.2) is 11.0 Å². The van der Waals surface area contributed by atoms with Gasteiger partial charge >= 0.3 is 0 Å². The van der Waals surface area contributed by atoms with Gasteiger partial charge < -0.3 is 10.1 Å². The van der Waals surface area contributed by atoms with E-state index in [-0.39, 0.29) is 11.2 Å². The van der Waals surface area contributed by atoms with Crippen LogP contribution in [0, 0.1) is 0 Å². The van der Waals surface area contributed by atoms with E-state index in [0.717, 1.165) is 22.7 Å². The minimum atomic E-state index is -0.386. The zero-order valence-electron chi connectivity index (χ0n) is 17.1. The summed E-state index contributed by atoms with van der Waals surface area (Å²) in [6, 6.07) is 20.8. The van der Waals surface area contributed by atoms with E-state index in [0.29, 0.717) is 11.0 Å². The lowest BCUT2D eigenvalue weighted by Gasteiger charge is -2.14. The van der Waals surface area contributed by atoms with Gasteiger partial charge in [-0.25, -0.2) is 0 Å². The summed E-state index contributed by atoms with van der Waals surface area (Å²) in [5.74, 6) is 1.30. The minimum Gasteiger partial charge on any atom is -0.497 e. The summed E-state index contributed by atoms with van der Waals surface area (Å²) in [5, 5.41) is 11.9. The van der Waals surface area contributed by atoms with Crippen molar-refractivity contribution >= 4 is 23.4 Å². The van der Waals surface area contributed by atoms with E-state index in [9.17, 15) is 4.79 Å². The molecule has 0 aliphatic rings. The van der Waals surface area contributed by atoms with Gasteiger partial charge in [0.2, 0.25) is 5.91 Å². The fraction of sp³-hybridized carbons (Fsp3) is 0.130. The topological polar surface area (TPSA) is 81.9 Å². The zero-order valence-corrected chi connectivity index (χ0v) is 17.9. The molecule has 4 rings (SSSR count). The first-order valence-corrected chi connectivity index (χ1v) is 10.6. The Morgan fingerprint density at radius 3 is 2.48 bits per heavy atom. The molecular formula is C23H21N5O2S. The van der Waals surface area contributed by atoms with Gasteiger partial charge in [0.1, 0.15) is 5.75 Å². The maximum absolute atomic E-state index is 12.7. The molecule has 0 radical (unpaired) electrons. The van der Waals surface area contributed by atoms with Crippen LogP contribution in [0.5, 0.6) is 5.75 Å². The Hall–Kier alpha value is -3.65. The van der Waals surface area contributed by atoms with Crippen molar-refractivity contribution in [2.45, 2.75) is 17.3 Å². The number of hydrogen-bond acceptors (Lipinski definition) is 6. The predicted molar refractivity (Wildman–Crippen MR) is 122 cm³/mol. The first-order valence-electron chi connectivity index (χ1n) is 9.68. The largest absolute Gasteiger partial charge is 0.497 e. The quantitative estimate of drug-likeness (QED) is 0.435. The molecule has 1 atom stereocenters. The number of amides is 1. The van der Waals surface area contributed by atoms with Crippen LogP contribution in [0.2, 0.25) is 0 Å². The van der Waals surface area contributed by atoms with Crippen molar-refractivity contribution < 1.29 is 9.53 Å². The van der Waals surface area contributed by atoms with Crippen molar-refractivity contribution in [1.82, 2.24) is 19.7 Å². The van der Waals surface area contributed by atoms with Crippen LogP contribution in [0.25, 0.3) is 17.1 Å². The molecule has 4 aromatic rings. The van der Waals surface area contributed by atoms with E-state index in [1.165, 1.54) is 11.8 Å². The molecular weight excluding hydrogens is 410 g/mol. The number of carbonyl (C=O) groups excluding carboxylic acids is 1. The highest BCUT2D eigenvalue weighted by atomic mass is 32.2. The fourth-order valence-corrected chi connectivity index (χ4v) is 3.84. The minimum absolute atomic E-state index is 0.108. The molecule has 2 aromatic carbocycles. The van der Waals surface area contributed by atoms with Crippen molar-refractivity contribution in [2.24, 2.45) is 0 Å². The van der Waals surface area contributed by atoms with Gasteiger partial charge in [0.25, 0.3) is 0 Å². The molecule has 1 N–H and O–H groups in total. The van der Waals surface area contributed by atoms with Gasteiger partial charge in [0, 0.05) is 29.3 Å². The monoisotopic (exact) mass is 431 g/mol. The first kappa shape index (κ1) is 20.6. The van der Waals surface area contributed by atoms with Crippen LogP contribution in [0.4, 0.5) is 5.69 Å². The van der Waals surface area contributed by atoms with Crippen molar-refractivity contribution in [3.05, 3.63) is 79.1 Å². The number of carbonyl (C=O) groups is 1. The van der Waals surface area contributed by atoms with Crippen LogP contribution in [0.15, 0.2) is 84.3 Å². The third kappa shape index (κ3) is 4.75. The number of nitrogens with one attached hydrogen (secondary N) is 1. The van der Waals surface area contributed by atoms with E-state index in [4.69, 9.17) is 4.74 Å². The van der Waals surface area contributed by atoms with Crippen molar-refractivity contribution in [3.8, 4) is 22.8 Å². The number of hydrogen-bond donors (Lipinski definition) is 1. The molecule has 0 spiro atoms. The molecule has 156 valence electrons. The number of ether oxygens (including phenoxy) is 1. The number of aromatic nitrogens is 4. The van der Waals surface area contributed by atoms with Crippen LogP contribution in [0.1, 0.15) is 6.92 Å². The smallest absolute Gasteiger partial charge is 0.237 e. The van der Waals surface area contributed by atoms with Crippen LogP contribution < -0.4 is 10.1 Å². The molecule has 8 heteroatoms. The molecule has 7 nitrogen and oxygen atoms in total. The number of nitrogens with zero attached hydrogens (tertiary/aromatic N) is 4. The number of rotatable bonds is 7. The van der Waals surface area contributed by atoms with Crippen molar-refractivity contribution in [1.29, 1.82) is 0 Å². The van der Waals surface area contributed by atoms with Crippen LogP contribution >= 0.6 is 11.8 Å². The van der Waals surface area contributed by atoms with Gasteiger partial charge in [-0.05, 0) is 55.5 Å². The highest BCUT2D eigenvalue weighted by Gasteiger charge is 2.22. The lowest BCUT2D eigenvalue weighted by atomic mass is 10.2. The highest BCUT2D eigenvalue weighted by molar-refractivity contribution is 8.00. The average molecular weight is 432 g/mol. The Bertz CT molecular complexity index is 1150. The van der Waals surface area contributed by atoms with Gasteiger partial charge in [-0.1, -0.05) is 30.0 Å². The average Bonchev–Trinajstić information content (AvgIpc) is 3.23. The second kappa shape index (κ2) is 9.44. The Morgan fingerprint density at radius 1 is 1.03 bits per heavy atom. The SMILES string of the molecule is COc1ccc(-n2c(S[C@H](C)C(=O)Nc3ccccc3)nnc2-c2cccnc2)cc1. The fourth-order valence-electron chi connectivity index (χ4n) is 2.97. The standard InChI is InChI=1S/C23H21N5O2S/c1-16(22(29)25-18-8-4-3-5-9-18)31-23-27-26-21(17-7-6-14-24-15-17)28(23)19-10-12-20(30-2)13-11-19/h3-16H,1-2H3,(H,25,29)/t16-/m1/s1. The normalized spacial score (nSPS) is 11.7. The predicted octanol–water partition coefficient (Wildman–Crippen LogP) is 4.46. The molecule has 31 heavy (non-hydrogen) atoms. The van der Waals surface area contributed by atoms with Crippen LogP contribution in [-0.4, -0.2) is 38.0 Å². The third-order valence-electron chi connectivity index (χ3n) is 4.58. The molecule has 0 saturated heterocycles. The van der Waals surface area contributed by atoms with Crippen LogP contribution in [-0.2, 0) is 4.79 Å². The molecule has 0 aliphatic carbocycles. The number of para-hydroxylation sites is 1. The van der Waals surface area contributed by atoms with Crippen molar-refractivity contribution in [2.75, 3.05) is 12.4 Å². The summed E-state index contributed by atoms with van der Waals surface area (Å²) >= 11 is 1.34. The maximum atomic E-state index is 12.7. The van der Waals surface area contributed by atoms with E-state index < -0.39 is 0 Å². The summed E-state index contributed by atoms with van der Waals surface area (Å²) in [5.41, 5.74) is 2.45. The van der Waals surface area contributed by atoms with E-state index in [1.807, 2.05) is 78.2 Å². The Balaban J connectivity index is 1.65.